The number of alkyl halides is 3. The molecule has 0 saturated carbocycles. The Kier molecular flexibility index (Phi) is 5.42. The SMILES string of the molecule is C[Si](C)(OCc1ccc(C(F)(F)F)cc1)[Si](C)(C)c1ccccc1. The highest BCUT2D eigenvalue weighted by atomic mass is 29.3. The van der Waals surface area contributed by atoms with Gasteiger partial charge >= 0.3 is 6.18 Å². The lowest BCUT2D eigenvalue weighted by Crippen LogP contribution is -2.64. The van der Waals surface area contributed by atoms with E-state index in [1.807, 2.05) is 18.2 Å². The predicted octanol–water partition coefficient (Wildman–Crippen LogP) is 5.12. The van der Waals surface area contributed by atoms with Crippen molar-refractivity contribution in [1.29, 1.82) is 0 Å². The maximum Gasteiger partial charge on any atom is 0.416 e. The van der Waals surface area contributed by atoms with Crippen LogP contribution in [0.3, 0.4) is 0 Å². The molecule has 0 spiro atoms. The van der Waals surface area contributed by atoms with E-state index in [4.69, 9.17) is 4.43 Å². The molecular formula is C18H23F3OSi2. The van der Waals surface area contributed by atoms with E-state index < -0.39 is 27.2 Å². The highest BCUT2D eigenvalue weighted by Crippen LogP contribution is 2.29. The van der Waals surface area contributed by atoms with Crippen LogP contribution in [0.5, 0.6) is 0 Å². The molecule has 6 heteroatoms. The largest absolute Gasteiger partial charge is 0.416 e. The second kappa shape index (κ2) is 6.86. The summed E-state index contributed by atoms with van der Waals surface area (Å²) in [7, 11) is -3.75. The maximum atomic E-state index is 12.6. The quantitative estimate of drug-likeness (QED) is 0.666. The third kappa shape index (κ3) is 4.17. The van der Waals surface area contributed by atoms with Crippen molar-refractivity contribution in [1.82, 2.24) is 0 Å². The number of hydrogen-bond acceptors (Lipinski definition) is 1. The van der Waals surface area contributed by atoms with Gasteiger partial charge in [-0.25, -0.2) is 0 Å². The molecule has 0 fully saturated rings. The molecule has 0 heterocycles. The van der Waals surface area contributed by atoms with E-state index in [-0.39, 0.29) is 0 Å². The third-order valence-corrected chi connectivity index (χ3v) is 20.9. The molecule has 2 aromatic carbocycles. The van der Waals surface area contributed by atoms with E-state index in [0.29, 0.717) is 6.61 Å². The van der Waals surface area contributed by atoms with Crippen LogP contribution >= 0.6 is 0 Å². The normalized spacial score (nSPS) is 13.1. The first kappa shape index (κ1) is 19.0. The zero-order chi connectivity index (χ0) is 18.0. The molecule has 0 saturated heterocycles. The van der Waals surface area contributed by atoms with E-state index in [1.54, 1.807) is 0 Å². The minimum Gasteiger partial charge on any atom is -0.415 e. The van der Waals surface area contributed by atoms with Gasteiger partial charge in [-0.1, -0.05) is 60.7 Å². The Morgan fingerprint density at radius 2 is 1.38 bits per heavy atom. The minimum atomic E-state index is -4.30. The molecule has 24 heavy (non-hydrogen) atoms. The summed E-state index contributed by atoms with van der Waals surface area (Å²) in [5.41, 5.74) is 0.156. The predicted molar refractivity (Wildman–Crippen MR) is 97.3 cm³/mol. The van der Waals surface area contributed by atoms with Gasteiger partial charge in [0.05, 0.1) is 12.2 Å². The van der Waals surface area contributed by atoms with Crippen LogP contribution in [0.15, 0.2) is 54.6 Å². The van der Waals surface area contributed by atoms with Gasteiger partial charge in [0.1, 0.15) is 7.59 Å². The van der Waals surface area contributed by atoms with Gasteiger partial charge in [-0.3, -0.25) is 0 Å². The molecule has 0 radical (unpaired) electrons. The molecule has 1 nitrogen and oxygen atoms in total. The summed E-state index contributed by atoms with van der Waals surface area (Å²) in [5, 5.41) is 1.36. The van der Waals surface area contributed by atoms with Crippen LogP contribution in [0.4, 0.5) is 13.2 Å². The van der Waals surface area contributed by atoms with Crippen molar-refractivity contribution in [2.75, 3.05) is 0 Å². The highest BCUT2D eigenvalue weighted by molar-refractivity contribution is 7.43. The lowest BCUT2D eigenvalue weighted by Gasteiger charge is -2.38. The Morgan fingerprint density at radius 1 is 0.833 bits per heavy atom. The molecule has 0 aliphatic heterocycles. The van der Waals surface area contributed by atoms with Crippen LogP contribution in [0.25, 0.3) is 0 Å². The van der Waals surface area contributed by atoms with E-state index >= 15 is 0 Å². The standard InChI is InChI=1S/C18H23F3OSi2/c1-23(2,17-8-6-5-7-9-17)24(3,4)22-14-15-10-12-16(13-11-15)18(19,20)21/h5-13H,14H2,1-4H3. The Bertz CT molecular complexity index is 665. The van der Waals surface area contributed by atoms with E-state index in [2.05, 4.69) is 38.3 Å². The average molecular weight is 369 g/mol. The van der Waals surface area contributed by atoms with Gasteiger partial charge in [-0.05, 0) is 30.8 Å². The smallest absolute Gasteiger partial charge is 0.415 e. The van der Waals surface area contributed by atoms with Crippen LogP contribution in [0.1, 0.15) is 11.1 Å². The van der Waals surface area contributed by atoms with E-state index in [1.165, 1.54) is 17.3 Å². The Morgan fingerprint density at radius 3 is 1.88 bits per heavy atom. The zero-order valence-corrected chi connectivity index (χ0v) is 16.4. The van der Waals surface area contributed by atoms with Crippen molar-refractivity contribution in [2.45, 2.75) is 39.0 Å². The second-order valence-electron chi connectivity index (χ2n) is 6.98. The first-order valence-corrected chi connectivity index (χ1v) is 14.8. The zero-order valence-electron chi connectivity index (χ0n) is 14.4. The molecule has 130 valence electrons. The van der Waals surface area contributed by atoms with Crippen molar-refractivity contribution >= 4 is 20.6 Å². The molecule has 0 amide bonds. The van der Waals surface area contributed by atoms with Crippen LogP contribution in [0.2, 0.25) is 26.2 Å². The Hall–Kier alpha value is -1.38. The molecular weight excluding hydrogens is 345 g/mol. The molecule has 0 unspecified atom stereocenters. The fourth-order valence-electron chi connectivity index (χ4n) is 2.44. The van der Waals surface area contributed by atoms with Gasteiger partial charge in [0, 0.05) is 0 Å². The summed E-state index contributed by atoms with van der Waals surface area (Å²) in [6.07, 6.45) is -4.30. The molecule has 0 aliphatic carbocycles. The van der Waals surface area contributed by atoms with Crippen molar-refractivity contribution in [3.63, 3.8) is 0 Å². The summed E-state index contributed by atoms with van der Waals surface area (Å²) >= 11 is 0. The summed E-state index contributed by atoms with van der Waals surface area (Å²) in [4.78, 5) is 0. The van der Waals surface area contributed by atoms with Crippen molar-refractivity contribution in [3.05, 3.63) is 65.7 Å². The topological polar surface area (TPSA) is 9.23 Å². The molecule has 0 atom stereocenters. The van der Waals surface area contributed by atoms with Crippen molar-refractivity contribution < 1.29 is 17.6 Å². The number of rotatable bonds is 5. The molecule has 0 N–H and O–H groups in total. The van der Waals surface area contributed by atoms with Crippen LogP contribution in [-0.4, -0.2) is 15.4 Å². The second-order valence-corrected chi connectivity index (χ2v) is 21.5. The van der Waals surface area contributed by atoms with Crippen molar-refractivity contribution in [2.24, 2.45) is 0 Å². The van der Waals surface area contributed by atoms with Gasteiger partial charge in [0.25, 0.3) is 0 Å². The van der Waals surface area contributed by atoms with Gasteiger partial charge in [0.2, 0.25) is 0 Å². The lowest BCUT2D eigenvalue weighted by molar-refractivity contribution is -0.137. The van der Waals surface area contributed by atoms with Crippen LogP contribution in [0, 0.1) is 0 Å². The van der Waals surface area contributed by atoms with Crippen LogP contribution in [-0.2, 0) is 17.2 Å². The minimum absolute atomic E-state index is 0.362. The Labute approximate surface area is 143 Å². The fraction of sp³-hybridized carbons (Fsp3) is 0.333. The number of benzene rings is 2. The van der Waals surface area contributed by atoms with E-state index in [9.17, 15) is 13.2 Å². The summed E-state index contributed by atoms with van der Waals surface area (Å²) < 4.78 is 44.1. The number of hydrogen-bond donors (Lipinski definition) is 0. The highest BCUT2D eigenvalue weighted by Gasteiger charge is 2.44. The molecule has 0 aromatic heterocycles. The molecule has 0 bridgehead atoms. The van der Waals surface area contributed by atoms with Gasteiger partial charge in [-0.2, -0.15) is 13.2 Å². The molecule has 2 rings (SSSR count). The summed E-state index contributed by atoms with van der Waals surface area (Å²) in [5.74, 6) is 0. The number of halogens is 3. The monoisotopic (exact) mass is 368 g/mol. The fourth-order valence-corrected chi connectivity index (χ4v) is 8.93. The third-order valence-electron chi connectivity index (χ3n) is 4.88. The summed E-state index contributed by atoms with van der Waals surface area (Å²) in [6, 6.07) is 15.7. The van der Waals surface area contributed by atoms with E-state index in [0.717, 1.165) is 17.7 Å². The first-order chi connectivity index (χ1) is 11.0. The molecule has 2 aromatic rings. The summed E-state index contributed by atoms with van der Waals surface area (Å²) in [6.45, 7) is 9.38. The Balaban J connectivity index is 2.10. The first-order valence-electron chi connectivity index (χ1n) is 7.90. The lowest BCUT2D eigenvalue weighted by atomic mass is 10.1. The maximum absolute atomic E-state index is 12.6. The van der Waals surface area contributed by atoms with Gasteiger partial charge in [0.15, 0.2) is 7.83 Å². The van der Waals surface area contributed by atoms with Gasteiger partial charge < -0.3 is 4.43 Å². The van der Waals surface area contributed by atoms with Crippen molar-refractivity contribution in [3.8, 4) is 0 Å². The van der Waals surface area contributed by atoms with Crippen LogP contribution < -0.4 is 5.19 Å². The molecule has 0 aliphatic rings. The average Bonchev–Trinajstić information content (AvgIpc) is 2.53. The van der Waals surface area contributed by atoms with Gasteiger partial charge in [-0.15, -0.1) is 0 Å².